The normalized spacial score (nSPS) is 24.6. The highest BCUT2D eigenvalue weighted by molar-refractivity contribution is 6.04. The Labute approximate surface area is 135 Å². The van der Waals surface area contributed by atoms with E-state index in [9.17, 15) is 9.59 Å². The van der Waals surface area contributed by atoms with Crippen LogP contribution in [0.15, 0.2) is 29.1 Å². The minimum Gasteiger partial charge on any atom is -0.348 e. The fraction of sp³-hybridized carbons (Fsp3) is 0.500. The van der Waals surface area contributed by atoms with Crippen molar-refractivity contribution >= 4 is 16.7 Å². The van der Waals surface area contributed by atoms with E-state index >= 15 is 0 Å². The summed E-state index contributed by atoms with van der Waals surface area (Å²) in [4.78, 5) is 24.9. The smallest absolute Gasteiger partial charge is 0.274 e. The molecule has 0 radical (unpaired) electrons. The number of fused-ring (bicyclic) bond motifs is 1. The van der Waals surface area contributed by atoms with Gasteiger partial charge in [-0.2, -0.15) is 5.10 Å². The Hall–Kier alpha value is -2.17. The maximum atomic E-state index is 12.8. The molecule has 1 fully saturated rings. The average molecular weight is 313 g/mol. The second-order valence-corrected chi connectivity index (χ2v) is 6.67. The number of amides is 1. The van der Waals surface area contributed by atoms with Crippen molar-refractivity contribution < 1.29 is 4.79 Å². The molecule has 1 aromatic carbocycles. The molecule has 3 atom stereocenters. The van der Waals surface area contributed by atoms with Crippen LogP contribution in [0.1, 0.15) is 43.6 Å². The number of aromatic nitrogens is 2. The van der Waals surface area contributed by atoms with Gasteiger partial charge in [0.2, 0.25) is 0 Å². The molecule has 1 saturated carbocycles. The summed E-state index contributed by atoms with van der Waals surface area (Å²) in [6.07, 6.45) is 3.35. The lowest BCUT2D eigenvalue weighted by molar-refractivity contribution is 0.0885. The quantitative estimate of drug-likeness (QED) is 0.926. The molecule has 1 N–H and O–H groups in total. The van der Waals surface area contributed by atoms with Crippen LogP contribution in [0.5, 0.6) is 0 Å². The van der Waals surface area contributed by atoms with Crippen molar-refractivity contribution in [2.75, 3.05) is 0 Å². The molecule has 0 saturated heterocycles. The zero-order chi connectivity index (χ0) is 16.6. The number of hydrogen-bond acceptors (Lipinski definition) is 3. The van der Waals surface area contributed by atoms with Gasteiger partial charge in [0, 0.05) is 18.5 Å². The molecule has 0 unspecified atom stereocenters. The summed E-state index contributed by atoms with van der Waals surface area (Å²) in [5, 5.41) is 8.48. The number of hydrogen-bond donors (Lipinski definition) is 1. The van der Waals surface area contributed by atoms with Gasteiger partial charge in [-0.1, -0.05) is 44.9 Å². The van der Waals surface area contributed by atoms with Crippen LogP contribution in [-0.4, -0.2) is 21.7 Å². The van der Waals surface area contributed by atoms with E-state index in [1.165, 1.54) is 11.1 Å². The minimum absolute atomic E-state index is 0.170. The number of rotatable bonds is 2. The van der Waals surface area contributed by atoms with Crippen LogP contribution in [-0.2, 0) is 7.05 Å². The Morgan fingerprint density at radius 1 is 1.22 bits per heavy atom. The van der Waals surface area contributed by atoms with Crippen molar-refractivity contribution in [3.8, 4) is 0 Å². The molecule has 1 aromatic heterocycles. The summed E-state index contributed by atoms with van der Waals surface area (Å²) in [6, 6.07) is 7.32. The van der Waals surface area contributed by atoms with Crippen molar-refractivity contribution in [3.05, 3.63) is 40.3 Å². The molecular weight excluding hydrogens is 290 g/mol. The van der Waals surface area contributed by atoms with E-state index in [0.29, 0.717) is 28.3 Å². The second kappa shape index (κ2) is 6.14. The molecule has 0 bridgehead atoms. The number of carbonyl (C=O) groups is 1. The van der Waals surface area contributed by atoms with Gasteiger partial charge in [-0.05, 0) is 24.3 Å². The van der Waals surface area contributed by atoms with E-state index in [2.05, 4.69) is 24.3 Å². The van der Waals surface area contributed by atoms with Gasteiger partial charge in [-0.15, -0.1) is 0 Å². The highest BCUT2D eigenvalue weighted by atomic mass is 16.2. The molecule has 1 amide bonds. The first-order valence-electron chi connectivity index (χ1n) is 8.26. The highest BCUT2D eigenvalue weighted by Gasteiger charge is 2.29. The molecule has 2 aromatic rings. The van der Waals surface area contributed by atoms with Crippen molar-refractivity contribution in [2.45, 2.75) is 39.2 Å². The number of aryl methyl sites for hydroxylation is 1. The maximum Gasteiger partial charge on any atom is 0.274 e. The molecule has 5 heteroatoms. The van der Waals surface area contributed by atoms with Crippen LogP contribution >= 0.6 is 0 Å². The lowest BCUT2D eigenvalue weighted by Gasteiger charge is -2.34. The summed E-state index contributed by atoms with van der Waals surface area (Å²) in [6.45, 7) is 4.43. The molecule has 0 spiro atoms. The van der Waals surface area contributed by atoms with Crippen LogP contribution < -0.4 is 10.9 Å². The van der Waals surface area contributed by atoms with Crippen LogP contribution in [0.4, 0.5) is 0 Å². The van der Waals surface area contributed by atoms with Gasteiger partial charge in [-0.25, -0.2) is 4.68 Å². The molecule has 122 valence electrons. The molecule has 5 nitrogen and oxygen atoms in total. The van der Waals surface area contributed by atoms with Crippen LogP contribution in [0, 0.1) is 11.8 Å². The second-order valence-electron chi connectivity index (χ2n) is 6.67. The third-order valence-electron chi connectivity index (χ3n) is 5.19. The van der Waals surface area contributed by atoms with Crippen molar-refractivity contribution in [1.82, 2.24) is 15.1 Å². The molecular formula is C18H23N3O2. The first kappa shape index (κ1) is 15.7. The molecule has 0 aliphatic heterocycles. The molecule has 3 rings (SSSR count). The first-order chi connectivity index (χ1) is 11.0. The van der Waals surface area contributed by atoms with Gasteiger partial charge in [-0.3, -0.25) is 9.59 Å². The molecule has 23 heavy (non-hydrogen) atoms. The molecule has 1 heterocycles. The Morgan fingerprint density at radius 2 is 1.91 bits per heavy atom. The largest absolute Gasteiger partial charge is 0.348 e. The SMILES string of the molecule is C[C@H]1[C@@H](NC(=O)c2nn(C)c(=O)c3ccccc23)CCC[C@@H]1C. The number of benzene rings is 1. The summed E-state index contributed by atoms with van der Waals surface area (Å²) in [5.74, 6) is 0.869. The van der Waals surface area contributed by atoms with E-state index < -0.39 is 0 Å². The number of nitrogens with zero attached hydrogens (tertiary/aromatic N) is 2. The summed E-state index contributed by atoms with van der Waals surface area (Å²) >= 11 is 0. The molecule has 1 aliphatic rings. The maximum absolute atomic E-state index is 12.8. The predicted molar refractivity (Wildman–Crippen MR) is 90.4 cm³/mol. The van der Waals surface area contributed by atoms with Crippen LogP contribution in [0.2, 0.25) is 0 Å². The average Bonchev–Trinajstić information content (AvgIpc) is 2.55. The summed E-state index contributed by atoms with van der Waals surface area (Å²) in [7, 11) is 1.58. The van der Waals surface area contributed by atoms with E-state index in [1.807, 2.05) is 6.07 Å². The van der Waals surface area contributed by atoms with Gasteiger partial charge in [0.1, 0.15) is 0 Å². The van der Waals surface area contributed by atoms with Crippen LogP contribution in [0.3, 0.4) is 0 Å². The monoisotopic (exact) mass is 313 g/mol. The Morgan fingerprint density at radius 3 is 2.65 bits per heavy atom. The van der Waals surface area contributed by atoms with Gasteiger partial charge < -0.3 is 5.32 Å². The van der Waals surface area contributed by atoms with E-state index in [4.69, 9.17) is 0 Å². The Kier molecular flexibility index (Phi) is 4.20. The van der Waals surface area contributed by atoms with Crippen LogP contribution in [0.25, 0.3) is 10.8 Å². The number of nitrogens with one attached hydrogen (secondary N) is 1. The minimum atomic E-state index is -0.192. The zero-order valence-corrected chi connectivity index (χ0v) is 13.9. The third kappa shape index (κ3) is 2.87. The third-order valence-corrected chi connectivity index (χ3v) is 5.19. The fourth-order valence-corrected chi connectivity index (χ4v) is 3.49. The fourth-order valence-electron chi connectivity index (χ4n) is 3.49. The lowest BCUT2D eigenvalue weighted by atomic mass is 9.78. The topological polar surface area (TPSA) is 64.0 Å². The first-order valence-corrected chi connectivity index (χ1v) is 8.26. The molecule has 1 aliphatic carbocycles. The van der Waals surface area contributed by atoms with E-state index in [-0.39, 0.29) is 17.5 Å². The van der Waals surface area contributed by atoms with E-state index in [1.54, 1.807) is 25.2 Å². The van der Waals surface area contributed by atoms with Gasteiger partial charge in [0.05, 0.1) is 5.39 Å². The predicted octanol–water partition coefficient (Wildman–Crippen LogP) is 2.49. The van der Waals surface area contributed by atoms with Gasteiger partial charge in [0.15, 0.2) is 5.69 Å². The highest BCUT2D eigenvalue weighted by Crippen LogP contribution is 2.29. The lowest BCUT2D eigenvalue weighted by Crippen LogP contribution is -2.44. The Balaban J connectivity index is 1.95. The summed E-state index contributed by atoms with van der Waals surface area (Å²) < 4.78 is 1.24. The Bertz CT molecular complexity index is 796. The number of carbonyl (C=O) groups excluding carboxylic acids is 1. The van der Waals surface area contributed by atoms with Crippen molar-refractivity contribution in [3.63, 3.8) is 0 Å². The van der Waals surface area contributed by atoms with Gasteiger partial charge in [0.25, 0.3) is 11.5 Å². The van der Waals surface area contributed by atoms with Crippen molar-refractivity contribution in [1.29, 1.82) is 0 Å². The van der Waals surface area contributed by atoms with Crippen molar-refractivity contribution in [2.24, 2.45) is 18.9 Å². The van der Waals surface area contributed by atoms with E-state index in [0.717, 1.165) is 12.8 Å². The zero-order valence-electron chi connectivity index (χ0n) is 13.9. The standard InChI is InChI=1S/C18H23N3O2/c1-11-7-6-10-15(12(11)2)19-17(22)16-13-8-4-5-9-14(13)18(23)21(3)20-16/h4-5,8-9,11-12,15H,6-7,10H2,1-3H3,(H,19,22)/t11-,12+,15-/m0/s1. The summed E-state index contributed by atoms with van der Waals surface area (Å²) in [5.41, 5.74) is 0.143. The van der Waals surface area contributed by atoms with Gasteiger partial charge >= 0.3 is 0 Å².